The maximum atomic E-state index is 11.3. The highest BCUT2D eigenvalue weighted by molar-refractivity contribution is 7.55. The van der Waals surface area contributed by atoms with Crippen LogP contribution in [0.1, 0.15) is 20.3 Å². The minimum Gasteiger partial charge on any atom is -0.481 e. The molecule has 1 unspecified atom stereocenters. The third-order valence-corrected chi connectivity index (χ3v) is 4.66. The van der Waals surface area contributed by atoms with E-state index < -0.39 is 36.5 Å². The molecule has 0 aromatic rings. The van der Waals surface area contributed by atoms with Crippen LogP contribution >= 0.6 is 7.60 Å². The molecule has 9 heteroatoms. The van der Waals surface area contributed by atoms with Crippen LogP contribution in [0.15, 0.2) is 0 Å². The van der Waals surface area contributed by atoms with Crippen LogP contribution in [0.5, 0.6) is 0 Å². The van der Waals surface area contributed by atoms with Crippen molar-refractivity contribution < 1.29 is 34.2 Å². The molecule has 0 aliphatic rings. The van der Waals surface area contributed by atoms with E-state index in [1.54, 1.807) is 0 Å². The molecule has 8 nitrogen and oxygen atoms in total. The Morgan fingerprint density at radius 1 is 1.24 bits per heavy atom. The number of aliphatic carboxylic acids is 2. The lowest BCUT2D eigenvalue weighted by Crippen LogP contribution is -2.54. The normalized spacial score (nSPS) is 15.7. The summed E-state index contributed by atoms with van der Waals surface area (Å²) in [7, 11) is -5.36. The van der Waals surface area contributed by atoms with Gasteiger partial charge in [0.15, 0.2) is 5.16 Å². The maximum absolute atomic E-state index is 11.3. The van der Waals surface area contributed by atoms with Crippen molar-refractivity contribution in [3.05, 3.63) is 0 Å². The van der Waals surface area contributed by atoms with Crippen LogP contribution in [0.4, 0.5) is 0 Å². The van der Waals surface area contributed by atoms with Gasteiger partial charge in [-0.05, 0) is 13.8 Å². The number of nitriles is 1. The number of hydrogen-bond donors (Lipinski definition) is 4. The van der Waals surface area contributed by atoms with Gasteiger partial charge in [0.25, 0.3) is 0 Å². The van der Waals surface area contributed by atoms with Gasteiger partial charge in [0.2, 0.25) is 0 Å². The fraction of sp³-hybridized carbons (Fsp3) is 0.625. The summed E-state index contributed by atoms with van der Waals surface area (Å²) in [5, 5.41) is 23.4. The summed E-state index contributed by atoms with van der Waals surface area (Å²) >= 11 is 0. The summed E-state index contributed by atoms with van der Waals surface area (Å²) in [6.07, 6.45) is -1.11. The summed E-state index contributed by atoms with van der Waals surface area (Å²) in [6.45, 7) is 1.72. The molecule has 0 spiro atoms. The van der Waals surface area contributed by atoms with Crippen LogP contribution < -0.4 is 0 Å². The van der Waals surface area contributed by atoms with E-state index in [0.29, 0.717) is 0 Å². The van der Waals surface area contributed by atoms with E-state index in [9.17, 15) is 14.2 Å². The first-order chi connectivity index (χ1) is 7.45. The first-order valence-electron chi connectivity index (χ1n) is 4.34. The Kier molecular flexibility index (Phi) is 4.08. The van der Waals surface area contributed by atoms with Crippen LogP contribution in [0, 0.1) is 16.7 Å². The van der Waals surface area contributed by atoms with Crippen molar-refractivity contribution in [1.82, 2.24) is 0 Å². The lowest BCUT2D eigenvalue weighted by Gasteiger charge is -2.38. The first kappa shape index (κ1) is 15.6. The third-order valence-electron chi connectivity index (χ3n) is 2.75. The summed E-state index contributed by atoms with van der Waals surface area (Å²) in [5.41, 5.74) is -2.30. The highest BCUT2D eigenvalue weighted by atomic mass is 31.2. The molecule has 0 bridgehead atoms. The van der Waals surface area contributed by atoms with E-state index in [-0.39, 0.29) is 0 Å². The molecule has 96 valence electrons. The van der Waals surface area contributed by atoms with Gasteiger partial charge in [-0.1, -0.05) is 0 Å². The number of carboxylic acids is 2. The SMILES string of the molecule is CC(C)(C(=O)O)C(CC#N)(C(=O)O)P(=O)(O)O. The second kappa shape index (κ2) is 4.45. The third kappa shape index (κ3) is 2.17. The molecule has 0 saturated carbocycles. The van der Waals surface area contributed by atoms with Gasteiger partial charge >= 0.3 is 19.5 Å². The van der Waals surface area contributed by atoms with Gasteiger partial charge in [-0.25, -0.2) is 0 Å². The Morgan fingerprint density at radius 3 is 1.82 bits per heavy atom. The van der Waals surface area contributed by atoms with Gasteiger partial charge in [0.05, 0.1) is 17.9 Å². The number of nitrogens with zero attached hydrogens (tertiary/aromatic N) is 1. The van der Waals surface area contributed by atoms with Crippen LogP contribution in [0.3, 0.4) is 0 Å². The zero-order valence-electron chi connectivity index (χ0n) is 9.12. The van der Waals surface area contributed by atoms with Gasteiger partial charge in [-0.3, -0.25) is 14.2 Å². The highest BCUT2D eigenvalue weighted by Gasteiger charge is 2.66. The molecule has 17 heavy (non-hydrogen) atoms. The zero-order chi connectivity index (χ0) is 14.1. The molecule has 0 rings (SSSR count). The van der Waals surface area contributed by atoms with E-state index in [1.807, 2.05) is 0 Å². The van der Waals surface area contributed by atoms with Crippen molar-refractivity contribution in [2.24, 2.45) is 5.41 Å². The van der Waals surface area contributed by atoms with E-state index in [0.717, 1.165) is 13.8 Å². The second-order valence-electron chi connectivity index (χ2n) is 3.97. The highest BCUT2D eigenvalue weighted by Crippen LogP contribution is 2.61. The van der Waals surface area contributed by atoms with Crippen molar-refractivity contribution in [3.63, 3.8) is 0 Å². The van der Waals surface area contributed by atoms with Gasteiger partial charge in [-0.15, -0.1) is 0 Å². The number of carboxylic acid groups (broad SMARTS) is 2. The zero-order valence-corrected chi connectivity index (χ0v) is 10.0. The number of rotatable bonds is 5. The quantitative estimate of drug-likeness (QED) is 0.506. The summed E-state index contributed by atoms with van der Waals surface area (Å²) in [6, 6.07) is 1.32. The molecule has 0 heterocycles. The topological polar surface area (TPSA) is 156 Å². The predicted molar refractivity (Wildman–Crippen MR) is 54.1 cm³/mol. The Balaban J connectivity index is 6.23. The molecule has 1 atom stereocenters. The van der Waals surface area contributed by atoms with Crippen molar-refractivity contribution in [3.8, 4) is 6.07 Å². The fourth-order valence-electron chi connectivity index (χ4n) is 1.45. The number of carbonyl (C=O) groups is 2. The maximum Gasteiger partial charge on any atom is 0.345 e. The standard InChI is InChI=1S/C8H12NO7P/c1-7(2,5(10)11)8(3-4-9,6(12)13)17(14,15)16/h3H2,1-2H3,(H,10,11)(H,12,13)(H2,14,15,16). The predicted octanol–water partition coefficient (Wildman–Crippen LogP) is 0.0120. The van der Waals surface area contributed by atoms with Gasteiger partial charge in [0, 0.05) is 0 Å². The van der Waals surface area contributed by atoms with Crippen molar-refractivity contribution >= 4 is 19.5 Å². The molecule has 0 aromatic heterocycles. The smallest absolute Gasteiger partial charge is 0.345 e. The molecule has 0 aliphatic heterocycles. The van der Waals surface area contributed by atoms with Crippen LogP contribution in [-0.4, -0.2) is 37.1 Å². The molecule has 0 amide bonds. The molecule has 0 aliphatic carbocycles. The molecule has 0 radical (unpaired) electrons. The average Bonchev–Trinajstić information content (AvgIpc) is 2.10. The molecular weight excluding hydrogens is 253 g/mol. The molecule has 0 aromatic carbocycles. The van der Waals surface area contributed by atoms with Crippen molar-refractivity contribution in [2.75, 3.05) is 0 Å². The second-order valence-corrected chi connectivity index (χ2v) is 5.83. The molecular formula is C8H12NO7P. The van der Waals surface area contributed by atoms with Crippen molar-refractivity contribution in [1.29, 1.82) is 5.26 Å². The minimum atomic E-state index is -5.36. The molecule has 0 saturated heterocycles. The lowest BCUT2D eigenvalue weighted by molar-refractivity contribution is -0.158. The first-order valence-corrected chi connectivity index (χ1v) is 5.95. The van der Waals surface area contributed by atoms with Crippen molar-refractivity contribution in [2.45, 2.75) is 25.4 Å². The molecule has 4 N–H and O–H groups in total. The largest absolute Gasteiger partial charge is 0.481 e. The monoisotopic (exact) mass is 265 g/mol. The van der Waals surface area contributed by atoms with Crippen LogP contribution in [0.2, 0.25) is 0 Å². The Hall–Kier alpha value is -1.42. The Bertz CT molecular complexity index is 432. The summed E-state index contributed by atoms with van der Waals surface area (Å²) in [4.78, 5) is 40.3. The average molecular weight is 265 g/mol. The van der Waals surface area contributed by atoms with Crippen LogP contribution in [-0.2, 0) is 14.2 Å². The van der Waals surface area contributed by atoms with Gasteiger partial charge in [-0.2, -0.15) is 5.26 Å². The fourth-order valence-corrected chi connectivity index (χ4v) is 2.80. The summed E-state index contributed by atoms with van der Waals surface area (Å²) < 4.78 is 11.3. The Morgan fingerprint density at radius 2 is 1.65 bits per heavy atom. The lowest BCUT2D eigenvalue weighted by atomic mass is 9.76. The summed E-state index contributed by atoms with van der Waals surface area (Å²) in [5.74, 6) is -3.72. The Labute approximate surface area is 96.6 Å². The number of hydrogen-bond acceptors (Lipinski definition) is 4. The van der Waals surface area contributed by atoms with Crippen LogP contribution in [0.25, 0.3) is 0 Å². The van der Waals surface area contributed by atoms with E-state index in [1.165, 1.54) is 6.07 Å². The minimum absolute atomic E-state index is 0.861. The molecule has 0 fully saturated rings. The van der Waals surface area contributed by atoms with E-state index in [2.05, 4.69) is 0 Å². The van der Waals surface area contributed by atoms with E-state index >= 15 is 0 Å². The van der Waals surface area contributed by atoms with Gasteiger partial charge in [0.1, 0.15) is 0 Å². The van der Waals surface area contributed by atoms with E-state index in [4.69, 9.17) is 25.3 Å². The van der Waals surface area contributed by atoms with Gasteiger partial charge < -0.3 is 20.0 Å².